The molecule has 2 rings (SSSR count). The fraction of sp³-hybridized carbons (Fsp3) is 0.400. The fourth-order valence-electron chi connectivity index (χ4n) is 1.93. The quantitative estimate of drug-likeness (QED) is 0.701. The zero-order valence-corrected chi connectivity index (χ0v) is 15.4. The third kappa shape index (κ3) is 4.97. The number of hydrogen-bond acceptors (Lipinski definition) is 4. The van der Waals surface area contributed by atoms with Crippen molar-refractivity contribution in [2.24, 2.45) is 0 Å². The topological polar surface area (TPSA) is 79.8 Å². The number of rotatable bonds is 7. The lowest BCUT2D eigenvalue weighted by Crippen LogP contribution is -2.24. The maximum Gasteiger partial charge on any atom is 0.343 e. The minimum atomic E-state index is -0.371. The van der Waals surface area contributed by atoms with Gasteiger partial charge in [0.2, 0.25) is 5.91 Å². The van der Waals surface area contributed by atoms with Crippen LogP contribution in [0.1, 0.15) is 26.7 Å². The Morgan fingerprint density at radius 2 is 2.30 bits per heavy atom. The maximum atomic E-state index is 12.3. The van der Waals surface area contributed by atoms with Crippen molar-refractivity contribution >= 4 is 39.3 Å². The minimum Gasteiger partial charge on any atom is -0.325 e. The molecule has 124 valence electrons. The number of H-pyrrole nitrogens is 1. The average Bonchev–Trinajstić information content (AvgIpc) is 2.85. The Morgan fingerprint density at radius 1 is 1.52 bits per heavy atom. The zero-order chi connectivity index (χ0) is 16.8. The standard InChI is InChI=1S/C15H19BrN4O2S/c1-3-4-8-20-14(22)18-19-15(20)23-10(2)13(21)17-12-7-5-6-11(16)9-12/h5-7,9-10H,3-4,8H2,1-2H3,(H,17,21)(H,18,22). The van der Waals surface area contributed by atoms with Gasteiger partial charge in [0.15, 0.2) is 5.16 Å². The lowest BCUT2D eigenvalue weighted by molar-refractivity contribution is -0.115. The summed E-state index contributed by atoms with van der Waals surface area (Å²) in [4.78, 5) is 24.0. The minimum absolute atomic E-state index is 0.134. The number of anilines is 1. The first-order valence-electron chi connectivity index (χ1n) is 7.39. The highest BCUT2D eigenvalue weighted by Crippen LogP contribution is 2.22. The smallest absolute Gasteiger partial charge is 0.325 e. The number of benzene rings is 1. The van der Waals surface area contributed by atoms with E-state index in [9.17, 15) is 9.59 Å². The third-order valence-corrected chi connectivity index (χ3v) is 4.79. The van der Waals surface area contributed by atoms with E-state index in [1.54, 1.807) is 11.5 Å². The molecule has 23 heavy (non-hydrogen) atoms. The van der Waals surface area contributed by atoms with Crippen LogP contribution in [0.3, 0.4) is 0 Å². The van der Waals surface area contributed by atoms with Crippen molar-refractivity contribution in [2.75, 3.05) is 5.32 Å². The summed E-state index contributed by atoms with van der Waals surface area (Å²) in [7, 11) is 0. The van der Waals surface area contributed by atoms with E-state index in [-0.39, 0.29) is 16.8 Å². The summed E-state index contributed by atoms with van der Waals surface area (Å²) in [5.41, 5.74) is 0.489. The molecule has 0 aliphatic rings. The number of nitrogens with zero attached hydrogens (tertiary/aromatic N) is 2. The summed E-state index contributed by atoms with van der Waals surface area (Å²) in [5.74, 6) is -0.134. The Labute approximate surface area is 147 Å². The summed E-state index contributed by atoms with van der Waals surface area (Å²) >= 11 is 4.64. The maximum absolute atomic E-state index is 12.3. The molecular formula is C15H19BrN4O2S. The molecule has 6 nitrogen and oxygen atoms in total. The fourth-order valence-corrected chi connectivity index (χ4v) is 3.21. The van der Waals surface area contributed by atoms with Crippen molar-refractivity contribution < 1.29 is 4.79 Å². The van der Waals surface area contributed by atoms with Crippen LogP contribution in [0.2, 0.25) is 0 Å². The normalized spacial score (nSPS) is 12.1. The molecular weight excluding hydrogens is 380 g/mol. The van der Waals surface area contributed by atoms with E-state index in [0.29, 0.717) is 11.7 Å². The first-order valence-corrected chi connectivity index (χ1v) is 9.06. The Morgan fingerprint density at radius 3 is 3.00 bits per heavy atom. The molecule has 0 aliphatic carbocycles. The van der Waals surface area contributed by atoms with Crippen LogP contribution in [0.5, 0.6) is 0 Å². The van der Waals surface area contributed by atoms with E-state index in [1.165, 1.54) is 11.8 Å². The lowest BCUT2D eigenvalue weighted by Gasteiger charge is -2.12. The number of nitrogens with one attached hydrogen (secondary N) is 2. The van der Waals surface area contributed by atoms with Gasteiger partial charge in [-0.15, -0.1) is 5.10 Å². The molecule has 1 heterocycles. The molecule has 1 aromatic carbocycles. The van der Waals surface area contributed by atoms with Crippen LogP contribution >= 0.6 is 27.7 Å². The van der Waals surface area contributed by atoms with Gasteiger partial charge >= 0.3 is 5.69 Å². The number of unbranched alkanes of at least 4 members (excludes halogenated alkanes) is 1. The lowest BCUT2D eigenvalue weighted by atomic mass is 10.3. The molecule has 1 aromatic heterocycles. The zero-order valence-electron chi connectivity index (χ0n) is 13.0. The molecule has 1 atom stereocenters. The van der Waals surface area contributed by atoms with E-state index >= 15 is 0 Å². The second kappa shape index (κ2) is 8.35. The Bertz CT molecular complexity index is 728. The van der Waals surface area contributed by atoms with Crippen LogP contribution in [-0.4, -0.2) is 25.9 Å². The number of amides is 1. The van der Waals surface area contributed by atoms with Gasteiger partial charge in [0.1, 0.15) is 0 Å². The molecule has 0 spiro atoms. The highest BCUT2D eigenvalue weighted by Gasteiger charge is 2.19. The van der Waals surface area contributed by atoms with Crippen molar-refractivity contribution in [3.8, 4) is 0 Å². The van der Waals surface area contributed by atoms with E-state index < -0.39 is 0 Å². The molecule has 0 saturated carbocycles. The van der Waals surface area contributed by atoms with Gasteiger partial charge in [-0.3, -0.25) is 9.36 Å². The Balaban J connectivity index is 2.02. The van der Waals surface area contributed by atoms with Crippen molar-refractivity contribution in [2.45, 2.75) is 43.6 Å². The van der Waals surface area contributed by atoms with E-state index in [2.05, 4.69) is 38.4 Å². The van der Waals surface area contributed by atoms with Gasteiger partial charge in [-0.05, 0) is 31.5 Å². The number of aromatic amines is 1. The SMILES string of the molecule is CCCCn1c(SC(C)C(=O)Nc2cccc(Br)c2)n[nH]c1=O. The van der Waals surface area contributed by atoms with Gasteiger partial charge < -0.3 is 5.32 Å². The van der Waals surface area contributed by atoms with E-state index in [1.807, 2.05) is 24.3 Å². The number of carbonyl (C=O) groups is 1. The summed E-state index contributed by atoms with van der Waals surface area (Å²) in [6.07, 6.45) is 1.88. The number of carbonyl (C=O) groups excluding carboxylic acids is 1. The Hall–Kier alpha value is -1.54. The van der Waals surface area contributed by atoms with Crippen molar-refractivity contribution in [1.29, 1.82) is 0 Å². The first kappa shape index (κ1) is 17.8. The molecule has 2 aromatic rings. The summed E-state index contributed by atoms with van der Waals surface area (Å²) in [6.45, 7) is 4.46. The highest BCUT2D eigenvalue weighted by atomic mass is 79.9. The highest BCUT2D eigenvalue weighted by molar-refractivity contribution is 9.10. The third-order valence-electron chi connectivity index (χ3n) is 3.20. The van der Waals surface area contributed by atoms with Crippen LogP contribution in [0.4, 0.5) is 5.69 Å². The summed E-state index contributed by atoms with van der Waals surface area (Å²) < 4.78 is 2.48. The molecule has 0 aliphatic heterocycles. The first-order chi connectivity index (χ1) is 11.0. The molecule has 0 bridgehead atoms. The van der Waals surface area contributed by atoms with E-state index in [0.717, 1.165) is 23.0 Å². The second-order valence-corrected chi connectivity index (χ2v) is 7.30. The van der Waals surface area contributed by atoms with Crippen molar-refractivity contribution in [3.05, 3.63) is 39.2 Å². The van der Waals surface area contributed by atoms with Crippen molar-refractivity contribution in [3.63, 3.8) is 0 Å². The largest absolute Gasteiger partial charge is 0.343 e. The molecule has 1 unspecified atom stereocenters. The average molecular weight is 399 g/mol. The monoisotopic (exact) mass is 398 g/mol. The molecule has 0 radical (unpaired) electrons. The predicted molar refractivity (Wildman–Crippen MR) is 95.8 cm³/mol. The Kier molecular flexibility index (Phi) is 6.47. The van der Waals surface area contributed by atoms with Crippen LogP contribution in [-0.2, 0) is 11.3 Å². The number of thioether (sulfide) groups is 1. The van der Waals surface area contributed by atoms with Crippen molar-refractivity contribution in [1.82, 2.24) is 14.8 Å². The summed E-state index contributed by atoms with van der Waals surface area (Å²) in [6, 6.07) is 7.41. The summed E-state index contributed by atoms with van der Waals surface area (Å²) in [5, 5.41) is 9.49. The second-order valence-electron chi connectivity index (χ2n) is 5.08. The van der Waals surface area contributed by atoms with Crippen LogP contribution in [0.25, 0.3) is 0 Å². The molecule has 8 heteroatoms. The van der Waals surface area contributed by atoms with Crippen LogP contribution in [0, 0.1) is 0 Å². The van der Waals surface area contributed by atoms with Gasteiger partial charge in [0, 0.05) is 16.7 Å². The van der Waals surface area contributed by atoms with Crippen LogP contribution in [0.15, 0.2) is 38.7 Å². The van der Waals surface area contributed by atoms with Gasteiger partial charge in [-0.1, -0.05) is 47.1 Å². The van der Waals surface area contributed by atoms with Gasteiger partial charge in [-0.25, -0.2) is 9.89 Å². The van der Waals surface area contributed by atoms with Gasteiger partial charge in [-0.2, -0.15) is 0 Å². The molecule has 0 fully saturated rings. The number of aromatic nitrogens is 3. The molecule has 2 N–H and O–H groups in total. The van der Waals surface area contributed by atoms with Gasteiger partial charge in [0.25, 0.3) is 0 Å². The molecule has 0 saturated heterocycles. The number of hydrogen-bond donors (Lipinski definition) is 2. The van der Waals surface area contributed by atoms with Crippen LogP contribution < -0.4 is 11.0 Å². The molecule has 1 amide bonds. The van der Waals surface area contributed by atoms with E-state index in [4.69, 9.17) is 0 Å². The van der Waals surface area contributed by atoms with Gasteiger partial charge in [0.05, 0.1) is 5.25 Å². The number of halogens is 1. The predicted octanol–water partition coefficient (Wildman–Crippen LogP) is 3.25.